The van der Waals surface area contributed by atoms with Crippen molar-refractivity contribution in [2.45, 2.75) is 18.6 Å². The second-order valence-corrected chi connectivity index (χ2v) is 10.6. The molecule has 0 aromatic heterocycles. The number of aliphatic hydroxyl groups is 1. The van der Waals surface area contributed by atoms with Gasteiger partial charge in [0.1, 0.15) is 18.8 Å². The molecule has 1 aliphatic rings. The van der Waals surface area contributed by atoms with Gasteiger partial charge in [-0.15, -0.1) is 0 Å². The molecule has 0 spiro atoms. The van der Waals surface area contributed by atoms with Crippen LogP contribution >= 0.6 is 7.14 Å². The molecule has 0 radical (unpaired) electrons. The maximum Gasteiger partial charge on any atom is 0.268 e. The van der Waals surface area contributed by atoms with Crippen molar-refractivity contribution in [3.63, 3.8) is 0 Å². The molecule has 2 amide bonds. The van der Waals surface area contributed by atoms with Crippen molar-refractivity contribution in [2.75, 3.05) is 24.8 Å². The van der Waals surface area contributed by atoms with Gasteiger partial charge in [0.15, 0.2) is 0 Å². The number of nitrogens with one attached hydrogen (secondary N) is 1. The lowest BCUT2D eigenvalue weighted by Gasteiger charge is -2.22. The molecule has 154 valence electrons. The van der Waals surface area contributed by atoms with Gasteiger partial charge in [0.25, 0.3) is 11.8 Å². The number of carbonyl (C=O) groups is 2. The number of amides is 2. The summed E-state index contributed by atoms with van der Waals surface area (Å²) in [6.07, 6.45) is -0.144. The third-order valence-electron chi connectivity index (χ3n) is 4.81. The second-order valence-electron chi connectivity index (χ2n) is 7.40. The van der Waals surface area contributed by atoms with Crippen molar-refractivity contribution in [1.29, 1.82) is 0 Å². The molecule has 2 N–H and O–H groups in total. The molecular weight excluding hydrogens is 401 g/mol. The summed E-state index contributed by atoms with van der Waals surface area (Å²) in [7, 11) is -2.55. The Bertz CT molecular complexity index is 1000. The van der Waals surface area contributed by atoms with Crippen LogP contribution in [0.25, 0.3) is 0 Å². The van der Waals surface area contributed by atoms with Gasteiger partial charge in [0, 0.05) is 36.6 Å². The molecule has 0 bridgehead atoms. The molecule has 6 nitrogen and oxygen atoms in total. The summed E-state index contributed by atoms with van der Waals surface area (Å²) >= 11 is 0. The Morgan fingerprint density at radius 2 is 1.86 bits per heavy atom. The van der Waals surface area contributed by atoms with Crippen molar-refractivity contribution < 1.29 is 28.0 Å². The SMILES string of the molecule is CP(C)(=O)c1cccc(N2CC[C@](O)(C(=O)NCc3cc(F)cc(F)c3)C2=O)c1. The lowest BCUT2D eigenvalue weighted by molar-refractivity contribution is -0.149. The first kappa shape index (κ1) is 21.1. The Balaban J connectivity index is 1.75. The molecule has 1 heterocycles. The summed E-state index contributed by atoms with van der Waals surface area (Å²) in [6, 6.07) is 9.41. The van der Waals surface area contributed by atoms with Crippen molar-refractivity contribution in [3.8, 4) is 0 Å². The van der Waals surface area contributed by atoms with Gasteiger partial charge < -0.3 is 19.9 Å². The van der Waals surface area contributed by atoms with E-state index >= 15 is 0 Å². The zero-order valence-electron chi connectivity index (χ0n) is 16.0. The molecule has 9 heteroatoms. The van der Waals surface area contributed by atoms with E-state index in [1.165, 1.54) is 4.90 Å². The predicted molar refractivity (Wildman–Crippen MR) is 106 cm³/mol. The summed E-state index contributed by atoms with van der Waals surface area (Å²) in [5, 5.41) is 13.6. The van der Waals surface area contributed by atoms with Gasteiger partial charge in [-0.25, -0.2) is 8.78 Å². The summed E-state index contributed by atoms with van der Waals surface area (Å²) in [4.78, 5) is 26.5. The number of hydrogen-bond donors (Lipinski definition) is 2. The van der Waals surface area contributed by atoms with E-state index < -0.39 is 36.2 Å². The van der Waals surface area contributed by atoms with Crippen LogP contribution in [-0.2, 0) is 20.7 Å². The first-order valence-electron chi connectivity index (χ1n) is 8.94. The van der Waals surface area contributed by atoms with Crippen LogP contribution in [0.15, 0.2) is 42.5 Å². The standard InChI is InChI=1S/C20H21F2N2O4P/c1-29(2,28)17-5-3-4-16(11-17)24-7-6-20(27,19(24)26)18(25)23-12-13-8-14(21)10-15(22)9-13/h3-5,8-11,27H,6-7,12H2,1-2H3,(H,23,25)/t20-/m0/s1. The number of benzene rings is 2. The van der Waals surface area contributed by atoms with Crippen molar-refractivity contribution >= 4 is 29.9 Å². The highest BCUT2D eigenvalue weighted by Crippen LogP contribution is 2.36. The van der Waals surface area contributed by atoms with Crippen LogP contribution in [0.3, 0.4) is 0 Å². The topological polar surface area (TPSA) is 86.7 Å². The molecule has 1 saturated heterocycles. The van der Waals surface area contributed by atoms with E-state index in [2.05, 4.69) is 5.32 Å². The zero-order valence-corrected chi connectivity index (χ0v) is 16.9. The normalized spacial score (nSPS) is 19.5. The highest BCUT2D eigenvalue weighted by molar-refractivity contribution is 7.70. The maximum atomic E-state index is 13.3. The van der Waals surface area contributed by atoms with Crippen LogP contribution < -0.4 is 15.5 Å². The van der Waals surface area contributed by atoms with E-state index in [1.807, 2.05) is 0 Å². The highest BCUT2D eigenvalue weighted by Gasteiger charge is 2.51. The third-order valence-corrected chi connectivity index (χ3v) is 6.33. The summed E-state index contributed by atoms with van der Waals surface area (Å²) in [6.45, 7) is 3.07. The lowest BCUT2D eigenvalue weighted by Crippen LogP contribution is -2.52. The number of nitrogens with zero attached hydrogens (tertiary/aromatic N) is 1. The van der Waals surface area contributed by atoms with Crippen molar-refractivity contribution in [1.82, 2.24) is 5.32 Å². The van der Waals surface area contributed by atoms with E-state index in [1.54, 1.807) is 37.6 Å². The first-order valence-corrected chi connectivity index (χ1v) is 11.5. The van der Waals surface area contributed by atoms with Gasteiger partial charge >= 0.3 is 0 Å². The van der Waals surface area contributed by atoms with Gasteiger partial charge in [-0.3, -0.25) is 9.59 Å². The van der Waals surface area contributed by atoms with Crippen LogP contribution in [-0.4, -0.2) is 42.4 Å². The van der Waals surface area contributed by atoms with Gasteiger partial charge in [-0.2, -0.15) is 0 Å². The van der Waals surface area contributed by atoms with Crippen molar-refractivity contribution in [2.24, 2.45) is 0 Å². The monoisotopic (exact) mass is 422 g/mol. The van der Waals surface area contributed by atoms with E-state index in [0.29, 0.717) is 17.1 Å². The third kappa shape index (κ3) is 4.38. The number of anilines is 1. The summed E-state index contributed by atoms with van der Waals surface area (Å²) in [5.41, 5.74) is -1.69. The van der Waals surface area contributed by atoms with Gasteiger partial charge in [-0.1, -0.05) is 12.1 Å². The molecule has 2 aromatic carbocycles. The predicted octanol–water partition coefficient (Wildman–Crippen LogP) is 2.00. The minimum atomic E-state index is -2.55. The fraction of sp³-hybridized carbons (Fsp3) is 0.300. The molecule has 0 saturated carbocycles. The van der Waals surface area contributed by atoms with E-state index in [0.717, 1.165) is 12.1 Å². The lowest BCUT2D eigenvalue weighted by atomic mass is 10.0. The molecule has 0 unspecified atom stereocenters. The number of carbonyl (C=O) groups excluding carboxylic acids is 2. The maximum absolute atomic E-state index is 13.3. The Kier molecular flexibility index (Phi) is 5.61. The highest BCUT2D eigenvalue weighted by atomic mass is 31.2. The minimum absolute atomic E-state index is 0.0958. The van der Waals surface area contributed by atoms with Gasteiger partial charge in [0.05, 0.1) is 0 Å². The number of hydrogen-bond acceptors (Lipinski definition) is 4. The quantitative estimate of drug-likeness (QED) is 0.570. The Labute approximate surface area is 166 Å². The van der Waals surface area contributed by atoms with E-state index in [4.69, 9.17) is 0 Å². The van der Waals surface area contributed by atoms with Gasteiger partial charge in [0.2, 0.25) is 5.60 Å². The smallest absolute Gasteiger partial charge is 0.268 e. The zero-order chi connectivity index (χ0) is 21.4. The Morgan fingerprint density at radius 3 is 2.48 bits per heavy atom. The summed E-state index contributed by atoms with van der Waals surface area (Å²) < 4.78 is 38.8. The average Bonchev–Trinajstić information content (AvgIpc) is 2.94. The minimum Gasteiger partial charge on any atom is -0.372 e. The van der Waals surface area contributed by atoms with E-state index in [9.17, 15) is 28.0 Å². The first-order chi connectivity index (χ1) is 13.5. The van der Waals surface area contributed by atoms with Gasteiger partial charge in [-0.05, 0) is 43.2 Å². The average molecular weight is 422 g/mol. The van der Waals surface area contributed by atoms with Crippen LogP contribution in [0.1, 0.15) is 12.0 Å². The molecule has 1 atom stereocenters. The van der Waals surface area contributed by atoms with Crippen LogP contribution in [0.2, 0.25) is 0 Å². The Hall–Kier alpha value is -2.57. The number of halogens is 2. The van der Waals surface area contributed by atoms with E-state index in [-0.39, 0.29) is 25.1 Å². The second kappa shape index (κ2) is 7.69. The van der Waals surface area contributed by atoms with Crippen LogP contribution in [0, 0.1) is 11.6 Å². The van der Waals surface area contributed by atoms with Crippen molar-refractivity contribution in [3.05, 3.63) is 59.7 Å². The molecular formula is C20H21F2N2O4P. The fourth-order valence-corrected chi connectivity index (χ4v) is 4.09. The number of rotatable bonds is 5. The molecule has 2 aromatic rings. The Morgan fingerprint density at radius 1 is 1.21 bits per heavy atom. The fourth-order valence-electron chi connectivity index (χ4n) is 3.20. The largest absolute Gasteiger partial charge is 0.372 e. The van der Waals surface area contributed by atoms with Crippen LogP contribution in [0.5, 0.6) is 0 Å². The summed E-state index contributed by atoms with van der Waals surface area (Å²) in [5.74, 6) is -3.33. The molecule has 1 fully saturated rings. The molecule has 3 rings (SSSR count). The van der Waals surface area contributed by atoms with Crippen LogP contribution in [0.4, 0.5) is 14.5 Å². The molecule has 29 heavy (non-hydrogen) atoms. The molecule has 1 aliphatic heterocycles. The molecule has 0 aliphatic carbocycles.